The summed E-state index contributed by atoms with van der Waals surface area (Å²) in [5, 5.41) is 6.63. The van der Waals surface area contributed by atoms with E-state index in [1.807, 2.05) is 13.8 Å². The molecule has 0 saturated carbocycles. The third-order valence-corrected chi connectivity index (χ3v) is 4.21. The van der Waals surface area contributed by atoms with Crippen LogP contribution in [0.4, 0.5) is 5.69 Å². The fraction of sp³-hybridized carbons (Fsp3) is 0.417. The second-order valence-electron chi connectivity index (χ2n) is 3.92. The molecule has 1 amide bonds. The zero-order valence-electron chi connectivity index (χ0n) is 10.2. The molecule has 18 heavy (non-hydrogen) atoms. The van der Waals surface area contributed by atoms with Gasteiger partial charge in [0.05, 0.1) is 15.7 Å². The van der Waals surface area contributed by atoms with Gasteiger partial charge in [-0.2, -0.15) is 0 Å². The quantitative estimate of drug-likeness (QED) is 0.787. The summed E-state index contributed by atoms with van der Waals surface area (Å²) >= 11 is 15.3. The largest absolute Gasteiger partial charge is 0.324 e. The number of hydrogen-bond acceptors (Lipinski definition) is 2. The van der Waals surface area contributed by atoms with Crippen molar-refractivity contribution in [3.63, 3.8) is 0 Å². The van der Waals surface area contributed by atoms with Crippen molar-refractivity contribution in [1.29, 1.82) is 0 Å². The summed E-state index contributed by atoms with van der Waals surface area (Å²) in [5.74, 6) is -0.223. The lowest BCUT2D eigenvalue weighted by Crippen LogP contribution is -2.30. The predicted molar refractivity (Wildman–Crippen MR) is 80.5 cm³/mol. The molecule has 0 spiro atoms. The Hall–Kier alpha value is -0.290. The van der Waals surface area contributed by atoms with Crippen LogP contribution in [0.1, 0.15) is 13.8 Å². The second kappa shape index (κ2) is 7.34. The number of anilines is 1. The molecule has 1 unspecified atom stereocenters. The number of benzene rings is 1. The molecule has 0 bridgehead atoms. The van der Waals surface area contributed by atoms with Gasteiger partial charge in [0, 0.05) is 16.9 Å². The summed E-state index contributed by atoms with van der Waals surface area (Å²) < 4.78 is 0.702. The van der Waals surface area contributed by atoms with E-state index in [9.17, 15) is 4.79 Å². The lowest BCUT2D eigenvalue weighted by atomic mass is 10.1. The number of carbonyl (C=O) groups excluding carboxylic acids is 1. The van der Waals surface area contributed by atoms with Crippen LogP contribution in [-0.4, -0.2) is 19.0 Å². The van der Waals surface area contributed by atoms with Gasteiger partial charge in [-0.3, -0.25) is 4.79 Å². The minimum atomic E-state index is -0.136. The molecular formula is C12H15BrCl2N2O. The van der Waals surface area contributed by atoms with Crippen LogP contribution in [0.5, 0.6) is 0 Å². The Balaban J connectivity index is 2.73. The summed E-state index contributed by atoms with van der Waals surface area (Å²) in [6, 6.07) is 3.47. The van der Waals surface area contributed by atoms with Crippen molar-refractivity contribution in [2.75, 3.05) is 18.4 Å². The highest BCUT2D eigenvalue weighted by Crippen LogP contribution is 2.35. The Morgan fingerprint density at radius 1 is 1.39 bits per heavy atom. The Morgan fingerprint density at radius 3 is 2.67 bits per heavy atom. The topological polar surface area (TPSA) is 41.1 Å². The lowest BCUT2D eigenvalue weighted by molar-refractivity contribution is -0.119. The van der Waals surface area contributed by atoms with E-state index in [1.54, 1.807) is 12.1 Å². The molecule has 3 nitrogen and oxygen atoms in total. The average molecular weight is 354 g/mol. The highest BCUT2D eigenvalue weighted by Gasteiger charge is 2.15. The first-order chi connectivity index (χ1) is 8.47. The van der Waals surface area contributed by atoms with Crippen LogP contribution >= 0.6 is 39.1 Å². The molecule has 100 valence electrons. The molecule has 0 aromatic heterocycles. The standard InChI is InChI=1S/C12H15BrCl2N2O/c1-3-16-6-7(2)12(18)17-9-5-4-8(13)10(14)11(9)15/h4-5,7,16H,3,6H2,1-2H3,(H,17,18). The van der Waals surface area contributed by atoms with Gasteiger partial charge in [-0.1, -0.05) is 37.0 Å². The van der Waals surface area contributed by atoms with E-state index in [4.69, 9.17) is 23.2 Å². The van der Waals surface area contributed by atoms with Crippen molar-refractivity contribution < 1.29 is 4.79 Å². The fourth-order valence-electron chi connectivity index (χ4n) is 1.33. The van der Waals surface area contributed by atoms with Crippen molar-refractivity contribution in [2.24, 2.45) is 5.92 Å². The summed E-state index contributed by atoms with van der Waals surface area (Å²) in [4.78, 5) is 11.9. The van der Waals surface area contributed by atoms with Crippen LogP contribution in [0.15, 0.2) is 16.6 Å². The molecular weight excluding hydrogens is 339 g/mol. The third kappa shape index (κ3) is 4.12. The minimum Gasteiger partial charge on any atom is -0.324 e. The molecule has 0 heterocycles. The van der Waals surface area contributed by atoms with E-state index < -0.39 is 0 Å². The molecule has 1 aromatic carbocycles. The zero-order valence-corrected chi connectivity index (χ0v) is 13.3. The van der Waals surface area contributed by atoms with E-state index >= 15 is 0 Å². The maximum atomic E-state index is 11.9. The highest BCUT2D eigenvalue weighted by molar-refractivity contribution is 9.10. The number of rotatable bonds is 5. The highest BCUT2D eigenvalue weighted by atomic mass is 79.9. The number of halogens is 3. The van der Waals surface area contributed by atoms with Crippen molar-refractivity contribution in [3.8, 4) is 0 Å². The van der Waals surface area contributed by atoms with Crippen molar-refractivity contribution >= 4 is 50.7 Å². The molecule has 0 saturated heterocycles. The minimum absolute atomic E-state index is 0.0868. The number of nitrogens with one attached hydrogen (secondary N) is 2. The summed E-state index contributed by atoms with van der Waals surface area (Å²) in [5.41, 5.74) is 0.526. The van der Waals surface area contributed by atoms with E-state index in [0.29, 0.717) is 26.8 Å². The lowest BCUT2D eigenvalue weighted by Gasteiger charge is -2.14. The smallest absolute Gasteiger partial charge is 0.228 e. The first-order valence-electron chi connectivity index (χ1n) is 5.62. The Kier molecular flexibility index (Phi) is 6.43. The normalized spacial score (nSPS) is 12.3. The van der Waals surface area contributed by atoms with Crippen LogP contribution in [-0.2, 0) is 4.79 Å². The summed E-state index contributed by atoms with van der Waals surface area (Å²) in [6.07, 6.45) is 0. The van der Waals surface area contributed by atoms with E-state index in [0.717, 1.165) is 6.54 Å². The first kappa shape index (κ1) is 15.8. The van der Waals surface area contributed by atoms with Crippen LogP contribution in [0.25, 0.3) is 0 Å². The van der Waals surface area contributed by atoms with Gasteiger partial charge in [-0.15, -0.1) is 0 Å². The fourth-order valence-corrected chi connectivity index (χ4v) is 2.15. The number of hydrogen-bond donors (Lipinski definition) is 2. The van der Waals surface area contributed by atoms with Crippen LogP contribution in [0.3, 0.4) is 0 Å². The van der Waals surface area contributed by atoms with Crippen LogP contribution in [0.2, 0.25) is 10.0 Å². The Bertz CT molecular complexity index is 440. The van der Waals surface area contributed by atoms with E-state index in [-0.39, 0.29) is 11.8 Å². The molecule has 0 fully saturated rings. The van der Waals surface area contributed by atoms with Gasteiger partial charge in [-0.05, 0) is 34.6 Å². The molecule has 0 aliphatic rings. The predicted octanol–water partition coefficient (Wildman–Crippen LogP) is 3.94. The molecule has 1 atom stereocenters. The van der Waals surface area contributed by atoms with E-state index in [2.05, 4.69) is 26.6 Å². The van der Waals surface area contributed by atoms with Gasteiger partial charge in [-0.25, -0.2) is 0 Å². The van der Waals surface area contributed by atoms with Gasteiger partial charge < -0.3 is 10.6 Å². The molecule has 0 radical (unpaired) electrons. The van der Waals surface area contributed by atoms with Gasteiger partial charge in [0.15, 0.2) is 0 Å². The summed E-state index contributed by atoms with van der Waals surface area (Å²) in [7, 11) is 0. The SMILES string of the molecule is CCNCC(C)C(=O)Nc1ccc(Br)c(Cl)c1Cl. The molecule has 0 aliphatic carbocycles. The molecule has 0 aliphatic heterocycles. The second-order valence-corrected chi connectivity index (χ2v) is 5.53. The molecule has 2 N–H and O–H groups in total. The Morgan fingerprint density at radius 2 is 2.06 bits per heavy atom. The first-order valence-corrected chi connectivity index (χ1v) is 7.17. The number of carbonyl (C=O) groups is 1. The maximum Gasteiger partial charge on any atom is 0.228 e. The van der Waals surface area contributed by atoms with Gasteiger partial charge in [0.1, 0.15) is 0 Å². The average Bonchev–Trinajstić information content (AvgIpc) is 2.36. The Labute approximate surface area is 125 Å². The van der Waals surface area contributed by atoms with Gasteiger partial charge in [0.2, 0.25) is 5.91 Å². The van der Waals surface area contributed by atoms with E-state index in [1.165, 1.54) is 0 Å². The zero-order chi connectivity index (χ0) is 13.7. The summed E-state index contributed by atoms with van der Waals surface area (Å²) in [6.45, 7) is 5.31. The molecule has 1 rings (SSSR count). The maximum absolute atomic E-state index is 11.9. The molecule has 6 heteroatoms. The van der Waals surface area contributed by atoms with Crippen LogP contribution in [0, 0.1) is 5.92 Å². The van der Waals surface area contributed by atoms with Crippen molar-refractivity contribution in [3.05, 3.63) is 26.7 Å². The van der Waals surface area contributed by atoms with Crippen molar-refractivity contribution in [1.82, 2.24) is 5.32 Å². The number of amides is 1. The molecule has 1 aromatic rings. The van der Waals surface area contributed by atoms with Crippen LogP contribution < -0.4 is 10.6 Å². The van der Waals surface area contributed by atoms with Gasteiger partial charge in [0.25, 0.3) is 0 Å². The monoisotopic (exact) mass is 352 g/mol. The van der Waals surface area contributed by atoms with Crippen molar-refractivity contribution in [2.45, 2.75) is 13.8 Å². The van der Waals surface area contributed by atoms with Gasteiger partial charge >= 0.3 is 0 Å². The third-order valence-electron chi connectivity index (χ3n) is 2.44.